The van der Waals surface area contributed by atoms with E-state index in [2.05, 4.69) is 4.98 Å². The number of rotatable bonds is 1. The number of aromatic nitrogens is 1. The Balaban J connectivity index is 2.66. The Kier molecular flexibility index (Phi) is 1.50. The number of hydrogen-bond acceptors (Lipinski definition) is 1. The van der Waals surface area contributed by atoms with Crippen molar-refractivity contribution in [2.45, 2.75) is 0 Å². The van der Waals surface area contributed by atoms with E-state index in [0.29, 0.717) is 0 Å². The Bertz CT molecular complexity index is 408. The molecule has 1 aromatic heterocycles. The molecule has 12 heavy (non-hydrogen) atoms. The maximum atomic E-state index is 12.7. The van der Waals surface area contributed by atoms with Crippen molar-refractivity contribution < 1.29 is 9.13 Å². The third-order valence-corrected chi connectivity index (χ3v) is 1.80. The Morgan fingerprint density at radius 2 is 2.17 bits per heavy atom. The molecule has 1 N–H and O–H groups in total. The number of fused-ring (bicyclic) bond motifs is 1. The summed E-state index contributed by atoms with van der Waals surface area (Å²) in [5, 5.41) is 0.826. The van der Waals surface area contributed by atoms with Gasteiger partial charge in [-0.25, -0.2) is 0 Å². The van der Waals surface area contributed by atoms with Crippen molar-refractivity contribution >= 4 is 10.9 Å². The first-order chi connectivity index (χ1) is 5.79. The van der Waals surface area contributed by atoms with Crippen molar-refractivity contribution in [1.82, 2.24) is 4.98 Å². The lowest BCUT2D eigenvalue weighted by atomic mass is 10.2. The molecule has 0 atom stereocenters. The van der Waals surface area contributed by atoms with Gasteiger partial charge < -0.3 is 9.72 Å². The van der Waals surface area contributed by atoms with Crippen LogP contribution in [0.1, 0.15) is 0 Å². The summed E-state index contributed by atoms with van der Waals surface area (Å²) >= 11 is 0. The molecule has 2 aromatic rings. The van der Waals surface area contributed by atoms with E-state index < -0.39 is 0 Å². The van der Waals surface area contributed by atoms with Crippen LogP contribution in [-0.2, 0) is 0 Å². The highest BCUT2D eigenvalue weighted by atomic mass is 19.1. The van der Waals surface area contributed by atoms with E-state index >= 15 is 0 Å². The molecule has 0 unspecified atom stereocenters. The zero-order valence-electron chi connectivity index (χ0n) is 6.60. The molecule has 0 spiro atoms. The Hall–Kier alpha value is -1.51. The van der Waals surface area contributed by atoms with Gasteiger partial charge in [-0.1, -0.05) is 0 Å². The molecule has 1 heterocycles. The van der Waals surface area contributed by atoms with E-state index in [9.17, 15) is 4.39 Å². The number of nitrogens with one attached hydrogen (secondary N) is 1. The fraction of sp³-hybridized carbons (Fsp3) is 0.111. The molecule has 1 aromatic carbocycles. The maximum Gasteiger partial charge on any atom is 0.192 e. The molecule has 62 valence electrons. The molecule has 0 bridgehead atoms. The topological polar surface area (TPSA) is 25.0 Å². The molecule has 2 nitrogen and oxygen atoms in total. The Labute approximate surface area is 69.0 Å². The quantitative estimate of drug-likeness (QED) is 0.689. The van der Waals surface area contributed by atoms with Crippen LogP contribution >= 0.6 is 0 Å². The predicted octanol–water partition coefficient (Wildman–Crippen LogP) is 2.32. The average molecular weight is 165 g/mol. The second-order valence-electron chi connectivity index (χ2n) is 2.57. The summed E-state index contributed by atoms with van der Waals surface area (Å²) in [6.07, 6.45) is 0. The van der Waals surface area contributed by atoms with E-state index in [4.69, 9.17) is 4.74 Å². The minimum absolute atomic E-state index is 0.321. The monoisotopic (exact) mass is 165 g/mol. The molecule has 0 saturated heterocycles. The van der Waals surface area contributed by atoms with Gasteiger partial charge in [0.2, 0.25) is 0 Å². The first-order valence-electron chi connectivity index (χ1n) is 3.62. The lowest BCUT2D eigenvalue weighted by molar-refractivity contribution is 0.415. The molecular weight excluding hydrogens is 157 g/mol. The van der Waals surface area contributed by atoms with E-state index in [1.54, 1.807) is 25.3 Å². The largest absolute Gasteiger partial charge is 0.497 e. The summed E-state index contributed by atoms with van der Waals surface area (Å²) in [5.41, 5.74) is 0.785. The molecule has 2 rings (SSSR count). The first kappa shape index (κ1) is 7.16. The molecule has 0 aliphatic heterocycles. The van der Waals surface area contributed by atoms with Gasteiger partial charge >= 0.3 is 0 Å². The number of benzene rings is 1. The van der Waals surface area contributed by atoms with Gasteiger partial charge in [-0.05, 0) is 18.2 Å². The van der Waals surface area contributed by atoms with Gasteiger partial charge in [-0.15, -0.1) is 0 Å². The lowest BCUT2D eigenvalue weighted by Gasteiger charge is -1.97. The zero-order valence-corrected chi connectivity index (χ0v) is 6.60. The molecule has 0 amide bonds. The summed E-state index contributed by atoms with van der Waals surface area (Å²) in [4.78, 5) is 2.59. The SMILES string of the molecule is COc1ccc2[nH]c(F)cc2c1. The fourth-order valence-corrected chi connectivity index (χ4v) is 1.20. The third kappa shape index (κ3) is 1.03. The third-order valence-electron chi connectivity index (χ3n) is 1.80. The minimum atomic E-state index is -0.321. The van der Waals surface area contributed by atoms with Crippen LogP contribution in [0.3, 0.4) is 0 Å². The van der Waals surface area contributed by atoms with Crippen LogP contribution in [0.15, 0.2) is 24.3 Å². The Morgan fingerprint density at radius 3 is 2.92 bits per heavy atom. The highest BCUT2D eigenvalue weighted by Gasteiger charge is 2.00. The molecule has 0 aliphatic rings. The summed E-state index contributed by atoms with van der Waals surface area (Å²) < 4.78 is 17.7. The first-order valence-corrected chi connectivity index (χ1v) is 3.62. The van der Waals surface area contributed by atoms with Crippen molar-refractivity contribution in [2.24, 2.45) is 0 Å². The molecular formula is C9H8FNO. The number of aromatic amines is 1. The minimum Gasteiger partial charge on any atom is -0.497 e. The summed E-state index contributed by atoms with van der Waals surface area (Å²) in [6.45, 7) is 0. The van der Waals surface area contributed by atoms with Gasteiger partial charge in [0.05, 0.1) is 7.11 Å². The fourth-order valence-electron chi connectivity index (χ4n) is 1.20. The van der Waals surface area contributed by atoms with E-state index in [0.717, 1.165) is 16.7 Å². The van der Waals surface area contributed by atoms with Gasteiger partial charge in [0.15, 0.2) is 5.95 Å². The van der Waals surface area contributed by atoms with E-state index in [-0.39, 0.29) is 5.95 Å². The smallest absolute Gasteiger partial charge is 0.192 e. The highest BCUT2D eigenvalue weighted by Crippen LogP contribution is 2.20. The molecule has 0 fully saturated rings. The van der Waals surface area contributed by atoms with Crippen LogP contribution in [0, 0.1) is 5.95 Å². The van der Waals surface area contributed by atoms with Crippen molar-refractivity contribution in [1.29, 1.82) is 0 Å². The van der Waals surface area contributed by atoms with Crippen molar-refractivity contribution in [3.8, 4) is 5.75 Å². The van der Waals surface area contributed by atoms with Crippen molar-refractivity contribution in [3.63, 3.8) is 0 Å². The number of ether oxygens (including phenoxy) is 1. The second-order valence-corrected chi connectivity index (χ2v) is 2.57. The molecule has 0 saturated carbocycles. The van der Waals surface area contributed by atoms with Crippen molar-refractivity contribution in [3.05, 3.63) is 30.2 Å². The molecule has 3 heteroatoms. The van der Waals surface area contributed by atoms with Crippen LogP contribution < -0.4 is 4.74 Å². The second kappa shape index (κ2) is 2.52. The van der Waals surface area contributed by atoms with Crippen LogP contribution in [0.4, 0.5) is 4.39 Å². The number of H-pyrrole nitrogens is 1. The normalized spacial score (nSPS) is 10.5. The van der Waals surface area contributed by atoms with Crippen molar-refractivity contribution in [2.75, 3.05) is 7.11 Å². The van der Waals surface area contributed by atoms with Crippen LogP contribution in [0.2, 0.25) is 0 Å². The van der Waals surface area contributed by atoms with Gasteiger partial charge in [-0.2, -0.15) is 4.39 Å². The molecule has 0 radical (unpaired) electrons. The van der Waals surface area contributed by atoms with Gasteiger partial charge in [0, 0.05) is 17.0 Å². The van der Waals surface area contributed by atoms with Crippen LogP contribution in [0.25, 0.3) is 10.9 Å². The highest BCUT2D eigenvalue weighted by molar-refractivity contribution is 5.80. The maximum absolute atomic E-state index is 12.7. The summed E-state index contributed by atoms with van der Waals surface area (Å²) in [7, 11) is 1.59. The van der Waals surface area contributed by atoms with Gasteiger partial charge in [0.25, 0.3) is 0 Å². The predicted molar refractivity (Wildman–Crippen MR) is 44.8 cm³/mol. The lowest BCUT2D eigenvalue weighted by Crippen LogP contribution is -1.80. The summed E-state index contributed by atoms with van der Waals surface area (Å²) in [5.74, 6) is 0.416. The van der Waals surface area contributed by atoms with Crippen LogP contribution in [-0.4, -0.2) is 12.1 Å². The summed E-state index contributed by atoms with van der Waals surface area (Å²) in [6, 6.07) is 6.81. The van der Waals surface area contributed by atoms with Gasteiger partial charge in [0.1, 0.15) is 5.75 Å². The zero-order chi connectivity index (χ0) is 8.55. The number of hydrogen-bond donors (Lipinski definition) is 1. The van der Waals surface area contributed by atoms with Gasteiger partial charge in [-0.3, -0.25) is 0 Å². The van der Waals surface area contributed by atoms with Crippen LogP contribution in [0.5, 0.6) is 5.75 Å². The number of methoxy groups -OCH3 is 1. The average Bonchev–Trinajstić information content (AvgIpc) is 2.43. The standard InChI is InChI=1S/C9H8FNO/c1-12-7-2-3-8-6(4-7)5-9(10)11-8/h2-5,11H,1H3. The van der Waals surface area contributed by atoms with E-state index in [1.807, 2.05) is 0 Å². The number of halogens is 1. The Morgan fingerprint density at radius 1 is 1.33 bits per heavy atom. The molecule has 0 aliphatic carbocycles. The van der Waals surface area contributed by atoms with E-state index in [1.165, 1.54) is 6.07 Å².